The minimum atomic E-state index is -0.418. The van der Waals surface area contributed by atoms with Crippen LogP contribution in [-0.4, -0.2) is 43.2 Å². The van der Waals surface area contributed by atoms with E-state index in [0.717, 1.165) is 0 Å². The zero-order valence-corrected chi connectivity index (χ0v) is 11.4. The Kier molecular flexibility index (Phi) is 4.72. The van der Waals surface area contributed by atoms with Crippen LogP contribution in [0.15, 0.2) is 18.2 Å². The van der Waals surface area contributed by atoms with Gasteiger partial charge in [0.2, 0.25) is 0 Å². The van der Waals surface area contributed by atoms with Gasteiger partial charge in [0.05, 0.1) is 24.8 Å². The largest absolute Gasteiger partial charge is 0.375 e. The van der Waals surface area contributed by atoms with E-state index in [4.69, 9.17) is 10.5 Å². The van der Waals surface area contributed by atoms with Crippen molar-refractivity contribution in [3.63, 3.8) is 0 Å². The van der Waals surface area contributed by atoms with Gasteiger partial charge >= 0.3 is 0 Å². The molecular weight excluding hydrogens is 259 g/mol. The molecule has 1 aliphatic rings. The maximum Gasteiger partial charge on any atom is 0.255 e. The number of halogens is 1. The van der Waals surface area contributed by atoms with Crippen LogP contribution >= 0.6 is 0 Å². The van der Waals surface area contributed by atoms with Crippen molar-refractivity contribution in [1.29, 1.82) is 0 Å². The van der Waals surface area contributed by atoms with Gasteiger partial charge in [-0.1, -0.05) is 11.8 Å². The summed E-state index contributed by atoms with van der Waals surface area (Å²) >= 11 is 0. The number of benzene rings is 1. The van der Waals surface area contributed by atoms with E-state index in [2.05, 4.69) is 11.8 Å². The molecule has 0 spiro atoms. The van der Waals surface area contributed by atoms with Crippen molar-refractivity contribution in [3.05, 3.63) is 35.1 Å². The number of carbonyl (C=O) groups excluding carboxylic acids is 1. The molecule has 0 aliphatic carbocycles. The Balaban J connectivity index is 2.29. The third-order valence-electron chi connectivity index (χ3n) is 3.07. The number of rotatable bonds is 1. The third-order valence-corrected chi connectivity index (χ3v) is 3.07. The minimum absolute atomic E-state index is 0.00623. The van der Waals surface area contributed by atoms with Gasteiger partial charge in [-0.3, -0.25) is 4.79 Å². The number of nitrogens with zero attached hydrogens (tertiary/aromatic N) is 1. The number of morpholine rings is 1. The number of carbonyl (C=O) groups is 1. The summed E-state index contributed by atoms with van der Waals surface area (Å²) in [6, 6.07) is 4.00. The summed E-state index contributed by atoms with van der Waals surface area (Å²) in [7, 11) is 0. The summed E-state index contributed by atoms with van der Waals surface area (Å²) in [4.78, 5) is 14.2. The Labute approximate surface area is 117 Å². The lowest BCUT2D eigenvalue weighted by Crippen LogP contribution is -2.44. The van der Waals surface area contributed by atoms with E-state index in [1.54, 1.807) is 4.90 Å². The lowest BCUT2D eigenvalue weighted by molar-refractivity contribution is -0.0124. The van der Waals surface area contributed by atoms with Crippen molar-refractivity contribution in [3.8, 4) is 11.8 Å². The molecule has 1 aromatic carbocycles. The first kappa shape index (κ1) is 14.5. The summed E-state index contributed by atoms with van der Waals surface area (Å²) < 4.78 is 18.7. The van der Waals surface area contributed by atoms with Gasteiger partial charge in [0, 0.05) is 18.7 Å². The Bertz CT molecular complexity index is 563. The second-order valence-electron chi connectivity index (χ2n) is 4.63. The number of nitrogens with two attached hydrogens (primary N) is 1. The zero-order valence-electron chi connectivity index (χ0n) is 11.4. The fourth-order valence-corrected chi connectivity index (χ4v) is 2.13. The maximum atomic E-state index is 13.3. The lowest BCUT2D eigenvalue weighted by atomic mass is 10.1. The number of amides is 1. The summed E-state index contributed by atoms with van der Waals surface area (Å²) in [5.74, 6) is 4.84. The van der Waals surface area contributed by atoms with E-state index < -0.39 is 5.82 Å². The predicted molar refractivity (Wildman–Crippen MR) is 73.6 cm³/mol. The second kappa shape index (κ2) is 6.51. The second-order valence-corrected chi connectivity index (χ2v) is 4.63. The third kappa shape index (κ3) is 3.35. The molecule has 106 valence electrons. The first-order chi connectivity index (χ1) is 9.61. The van der Waals surface area contributed by atoms with Gasteiger partial charge in [0.15, 0.2) is 0 Å². The highest BCUT2D eigenvalue weighted by Crippen LogP contribution is 2.15. The average molecular weight is 276 g/mol. The van der Waals surface area contributed by atoms with E-state index in [1.165, 1.54) is 18.2 Å². The van der Waals surface area contributed by atoms with Crippen LogP contribution in [0.4, 0.5) is 4.39 Å². The molecule has 2 N–H and O–H groups in total. The topological polar surface area (TPSA) is 55.6 Å². The molecule has 1 aliphatic heterocycles. The molecular formula is C15H17FN2O2. The van der Waals surface area contributed by atoms with Crippen LogP contribution in [0.3, 0.4) is 0 Å². The van der Waals surface area contributed by atoms with Crippen molar-refractivity contribution < 1.29 is 13.9 Å². The predicted octanol–water partition coefficient (Wildman–Crippen LogP) is 0.997. The van der Waals surface area contributed by atoms with E-state index in [-0.39, 0.29) is 18.6 Å². The molecule has 1 aromatic rings. The van der Waals surface area contributed by atoms with E-state index in [9.17, 15) is 9.18 Å². The van der Waals surface area contributed by atoms with Crippen molar-refractivity contribution in [2.24, 2.45) is 5.73 Å². The Hall–Kier alpha value is -1.90. The monoisotopic (exact) mass is 276 g/mol. The lowest BCUT2D eigenvalue weighted by Gasteiger charge is -2.31. The number of ether oxygens (including phenoxy) is 1. The van der Waals surface area contributed by atoms with Crippen molar-refractivity contribution in [2.75, 3.05) is 26.2 Å². The normalized spacial score (nSPS) is 18.4. The first-order valence-electron chi connectivity index (χ1n) is 6.51. The number of hydrogen-bond acceptors (Lipinski definition) is 3. The van der Waals surface area contributed by atoms with Gasteiger partial charge in [-0.05, 0) is 25.1 Å². The fraction of sp³-hybridized carbons (Fsp3) is 0.400. The molecule has 0 saturated carbocycles. The molecule has 5 heteroatoms. The first-order valence-corrected chi connectivity index (χ1v) is 6.51. The van der Waals surface area contributed by atoms with E-state index in [1.807, 2.05) is 6.92 Å². The van der Waals surface area contributed by atoms with Crippen molar-refractivity contribution in [2.45, 2.75) is 13.0 Å². The highest BCUT2D eigenvalue weighted by Gasteiger charge is 2.24. The van der Waals surface area contributed by atoms with Gasteiger partial charge < -0.3 is 15.4 Å². The molecule has 20 heavy (non-hydrogen) atoms. The Morgan fingerprint density at radius 1 is 1.60 bits per heavy atom. The molecule has 1 fully saturated rings. The quantitative estimate of drug-likeness (QED) is 0.778. The molecule has 4 nitrogen and oxygen atoms in total. The summed E-state index contributed by atoms with van der Waals surface area (Å²) in [5, 5.41) is 0. The molecule has 1 amide bonds. The average Bonchev–Trinajstić information content (AvgIpc) is 2.44. The standard InChI is InChI=1S/C15H17FN2O2/c1-11-10-18(7-8-20-11)15(19)14-5-4-13(16)9-12(14)3-2-6-17/h4-5,9,11H,6-8,10,17H2,1H3. The highest BCUT2D eigenvalue weighted by atomic mass is 19.1. The van der Waals surface area contributed by atoms with E-state index in [0.29, 0.717) is 30.8 Å². The van der Waals surface area contributed by atoms with Crippen LogP contribution in [-0.2, 0) is 4.74 Å². The maximum absolute atomic E-state index is 13.3. The van der Waals surface area contributed by atoms with Gasteiger partial charge in [0.1, 0.15) is 5.82 Å². The van der Waals surface area contributed by atoms with Gasteiger partial charge in [0.25, 0.3) is 5.91 Å². The van der Waals surface area contributed by atoms with Crippen molar-refractivity contribution >= 4 is 5.91 Å². The summed E-state index contributed by atoms with van der Waals surface area (Å²) in [5.41, 5.74) is 6.10. The number of hydrogen-bond donors (Lipinski definition) is 1. The van der Waals surface area contributed by atoms with Crippen LogP contribution in [0.2, 0.25) is 0 Å². The molecule has 1 heterocycles. The summed E-state index contributed by atoms with van der Waals surface area (Å²) in [6.07, 6.45) is 0.00623. The summed E-state index contributed by atoms with van der Waals surface area (Å²) in [6.45, 7) is 3.65. The van der Waals surface area contributed by atoms with Crippen LogP contribution in [0.1, 0.15) is 22.8 Å². The SMILES string of the molecule is CC1CN(C(=O)c2ccc(F)cc2C#CCN)CCO1. The molecule has 1 unspecified atom stereocenters. The van der Waals surface area contributed by atoms with E-state index >= 15 is 0 Å². The van der Waals surface area contributed by atoms with Crippen LogP contribution in [0.25, 0.3) is 0 Å². The molecule has 0 radical (unpaired) electrons. The zero-order chi connectivity index (χ0) is 14.5. The van der Waals surface area contributed by atoms with Gasteiger partial charge in [-0.2, -0.15) is 0 Å². The minimum Gasteiger partial charge on any atom is -0.375 e. The molecule has 0 aromatic heterocycles. The molecule has 1 atom stereocenters. The molecule has 1 saturated heterocycles. The van der Waals surface area contributed by atoms with Crippen LogP contribution in [0.5, 0.6) is 0 Å². The Morgan fingerprint density at radius 3 is 3.10 bits per heavy atom. The fourth-order valence-electron chi connectivity index (χ4n) is 2.13. The van der Waals surface area contributed by atoms with Crippen LogP contribution in [0, 0.1) is 17.7 Å². The van der Waals surface area contributed by atoms with Gasteiger partial charge in [-0.25, -0.2) is 4.39 Å². The molecule has 0 bridgehead atoms. The highest BCUT2D eigenvalue weighted by molar-refractivity contribution is 5.96. The van der Waals surface area contributed by atoms with Crippen molar-refractivity contribution in [1.82, 2.24) is 4.90 Å². The molecule has 2 rings (SSSR count). The Morgan fingerprint density at radius 2 is 2.40 bits per heavy atom. The van der Waals surface area contributed by atoms with Gasteiger partial charge in [-0.15, -0.1) is 0 Å². The van der Waals surface area contributed by atoms with Crippen LogP contribution < -0.4 is 5.73 Å². The smallest absolute Gasteiger partial charge is 0.255 e.